The van der Waals surface area contributed by atoms with E-state index in [0.717, 1.165) is 5.69 Å². The highest BCUT2D eigenvalue weighted by molar-refractivity contribution is 5.52. The standard InChI is InChI=1S/C13H14N4O2/c18-17(19)11-5-3-10(4-6-11)16-13-9-2-1-8(7-9)12(13)14-15-16/h3-6,8-9,12-13H,1-2,7H2. The second-order valence-electron chi connectivity index (χ2n) is 5.64. The molecule has 0 spiro atoms. The maximum Gasteiger partial charge on any atom is 0.269 e. The predicted octanol–water partition coefficient (Wildman–Crippen LogP) is 2.95. The normalized spacial score (nSPS) is 34.8. The summed E-state index contributed by atoms with van der Waals surface area (Å²) in [6.07, 6.45) is 3.80. The predicted molar refractivity (Wildman–Crippen MR) is 68.8 cm³/mol. The molecule has 0 radical (unpaired) electrons. The second-order valence-corrected chi connectivity index (χ2v) is 5.64. The summed E-state index contributed by atoms with van der Waals surface area (Å²) in [6, 6.07) is 7.32. The van der Waals surface area contributed by atoms with Crippen LogP contribution in [0.5, 0.6) is 0 Å². The lowest BCUT2D eigenvalue weighted by atomic mass is 9.91. The zero-order chi connectivity index (χ0) is 13.0. The minimum Gasteiger partial charge on any atom is -0.258 e. The van der Waals surface area contributed by atoms with Crippen LogP contribution in [0.1, 0.15) is 19.3 Å². The number of fused-ring (bicyclic) bond motifs is 5. The Hall–Kier alpha value is -1.98. The number of benzene rings is 1. The molecule has 1 heterocycles. The molecule has 0 aromatic heterocycles. The summed E-state index contributed by atoms with van der Waals surface area (Å²) in [5, 5.41) is 21.3. The van der Waals surface area contributed by atoms with E-state index in [1.54, 1.807) is 12.1 Å². The Balaban J connectivity index is 1.63. The summed E-state index contributed by atoms with van der Waals surface area (Å²) < 4.78 is 0. The number of non-ortho nitro benzene ring substituents is 1. The monoisotopic (exact) mass is 258 g/mol. The Morgan fingerprint density at radius 3 is 2.68 bits per heavy atom. The smallest absolute Gasteiger partial charge is 0.258 e. The molecule has 3 aliphatic rings. The number of hydrogen-bond donors (Lipinski definition) is 0. The third-order valence-corrected chi connectivity index (χ3v) is 4.72. The second kappa shape index (κ2) is 3.76. The third kappa shape index (κ3) is 1.49. The molecule has 98 valence electrons. The number of nitro groups is 1. The number of rotatable bonds is 2. The van der Waals surface area contributed by atoms with Gasteiger partial charge in [-0.05, 0) is 43.2 Å². The Labute approximate surface area is 110 Å². The lowest BCUT2D eigenvalue weighted by Gasteiger charge is -2.28. The SMILES string of the molecule is O=[N+]([O-])c1ccc(N2N=NC3C4CCC(C4)C32)cc1. The average Bonchev–Trinajstić information content (AvgIpc) is 3.11. The van der Waals surface area contributed by atoms with Gasteiger partial charge in [0, 0.05) is 12.1 Å². The summed E-state index contributed by atoms with van der Waals surface area (Å²) in [5.74, 6) is 1.38. The summed E-state index contributed by atoms with van der Waals surface area (Å²) in [7, 11) is 0. The lowest BCUT2D eigenvalue weighted by Crippen LogP contribution is -2.39. The number of nitrogens with zero attached hydrogens (tertiary/aromatic N) is 4. The van der Waals surface area contributed by atoms with Crippen molar-refractivity contribution in [2.24, 2.45) is 22.2 Å². The van der Waals surface area contributed by atoms with E-state index in [9.17, 15) is 10.1 Å². The van der Waals surface area contributed by atoms with Crippen molar-refractivity contribution in [3.05, 3.63) is 34.4 Å². The fraction of sp³-hybridized carbons (Fsp3) is 0.538. The first-order chi connectivity index (χ1) is 9.24. The van der Waals surface area contributed by atoms with Gasteiger partial charge in [-0.15, -0.1) is 0 Å². The van der Waals surface area contributed by atoms with Gasteiger partial charge >= 0.3 is 0 Å². The largest absolute Gasteiger partial charge is 0.269 e. The molecule has 0 amide bonds. The number of anilines is 1. The van der Waals surface area contributed by atoms with Crippen molar-refractivity contribution in [1.29, 1.82) is 0 Å². The fourth-order valence-electron chi connectivity index (χ4n) is 3.86. The van der Waals surface area contributed by atoms with E-state index in [-0.39, 0.29) is 10.6 Å². The molecule has 2 fully saturated rings. The van der Waals surface area contributed by atoms with Gasteiger partial charge in [-0.2, -0.15) is 5.11 Å². The van der Waals surface area contributed by atoms with E-state index in [2.05, 4.69) is 10.3 Å². The average molecular weight is 258 g/mol. The van der Waals surface area contributed by atoms with Crippen molar-refractivity contribution in [1.82, 2.24) is 0 Å². The minimum atomic E-state index is -0.379. The summed E-state index contributed by atoms with van der Waals surface area (Å²) in [6.45, 7) is 0. The molecule has 0 saturated heterocycles. The molecule has 2 bridgehead atoms. The van der Waals surface area contributed by atoms with Crippen molar-refractivity contribution in [3.8, 4) is 0 Å². The molecule has 4 unspecified atom stereocenters. The van der Waals surface area contributed by atoms with E-state index < -0.39 is 0 Å². The van der Waals surface area contributed by atoms with E-state index >= 15 is 0 Å². The first kappa shape index (κ1) is 10.9. The van der Waals surface area contributed by atoms with Crippen LogP contribution in [0, 0.1) is 22.0 Å². The van der Waals surface area contributed by atoms with Gasteiger partial charge in [0.15, 0.2) is 0 Å². The highest BCUT2D eigenvalue weighted by atomic mass is 16.6. The first-order valence-electron chi connectivity index (χ1n) is 6.68. The van der Waals surface area contributed by atoms with Crippen molar-refractivity contribution in [3.63, 3.8) is 0 Å². The van der Waals surface area contributed by atoms with Crippen molar-refractivity contribution < 1.29 is 4.92 Å². The highest BCUT2D eigenvalue weighted by Crippen LogP contribution is 2.51. The van der Waals surface area contributed by atoms with Gasteiger partial charge in [-0.25, -0.2) is 5.01 Å². The van der Waals surface area contributed by atoms with Crippen LogP contribution >= 0.6 is 0 Å². The summed E-state index contributed by atoms with van der Waals surface area (Å²) in [5.41, 5.74) is 1.03. The first-order valence-corrected chi connectivity index (χ1v) is 6.68. The van der Waals surface area contributed by atoms with Gasteiger partial charge in [0.1, 0.15) is 0 Å². The Kier molecular flexibility index (Phi) is 2.15. The Morgan fingerprint density at radius 1 is 1.21 bits per heavy atom. The molecular weight excluding hydrogens is 244 g/mol. The fourth-order valence-corrected chi connectivity index (χ4v) is 3.86. The van der Waals surface area contributed by atoms with Crippen molar-refractivity contribution in [2.45, 2.75) is 31.3 Å². The van der Waals surface area contributed by atoms with Gasteiger partial charge in [-0.3, -0.25) is 10.1 Å². The third-order valence-electron chi connectivity index (χ3n) is 4.72. The zero-order valence-electron chi connectivity index (χ0n) is 10.3. The number of hydrogen-bond acceptors (Lipinski definition) is 5. The minimum absolute atomic E-state index is 0.115. The molecule has 19 heavy (non-hydrogen) atoms. The van der Waals surface area contributed by atoms with Gasteiger partial charge in [-0.1, -0.05) is 5.22 Å². The molecule has 2 aliphatic carbocycles. The van der Waals surface area contributed by atoms with Crippen LogP contribution in [0.25, 0.3) is 0 Å². The van der Waals surface area contributed by atoms with Crippen LogP contribution in [0.2, 0.25) is 0 Å². The van der Waals surface area contributed by atoms with Gasteiger partial charge in [0.2, 0.25) is 0 Å². The van der Waals surface area contributed by atoms with E-state index in [4.69, 9.17) is 0 Å². The highest BCUT2D eigenvalue weighted by Gasteiger charge is 2.53. The van der Waals surface area contributed by atoms with Gasteiger partial charge in [0.05, 0.1) is 22.7 Å². The Morgan fingerprint density at radius 2 is 1.95 bits per heavy atom. The van der Waals surface area contributed by atoms with E-state index in [1.165, 1.54) is 31.4 Å². The molecule has 2 saturated carbocycles. The topological polar surface area (TPSA) is 71.1 Å². The van der Waals surface area contributed by atoms with Crippen LogP contribution in [0.3, 0.4) is 0 Å². The van der Waals surface area contributed by atoms with Crippen LogP contribution < -0.4 is 5.01 Å². The van der Waals surface area contributed by atoms with E-state index in [0.29, 0.717) is 23.9 Å². The molecule has 4 rings (SSSR count). The molecule has 6 nitrogen and oxygen atoms in total. The Bertz CT molecular complexity index is 556. The van der Waals surface area contributed by atoms with Crippen LogP contribution in [0.15, 0.2) is 34.6 Å². The maximum absolute atomic E-state index is 10.7. The lowest BCUT2D eigenvalue weighted by molar-refractivity contribution is -0.384. The molecular formula is C13H14N4O2. The van der Waals surface area contributed by atoms with Gasteiger partial charge in [0.25, 0.3) is 5.69 Å². The molecule has 1 aliphatic heterocycles. The molecule has 1 aromatic carbocycles. The van der Waals surface area contributed by atoms with Crippen LogP contribution in [0.4, 0.5) is 11.4 Å². The molecule has 0 N–H and O–H groups in total. The quantitative estimate of drug-likeness (QED) is 0.604. The molecule has 4 atom stereocenters. The molecule has 1 aromatic rings. The van der Waals surface area contributed by atoms with Crippen LogP contribution in [-0.2, 0) is 0 Å². The zero-order valence-corrected chi connectivity index (χ0v) is 10.3. The number of nitro benzene ring substituents is 1. The van der Waals surface area contributed by atoms with Gasteiger partial charge < -0.3 is 0 Å². The molecule has 6 heteroatoms. The van der Waals surface area contributed by atoms with Crippen molar-refractivity contribution >= 4 is 11.4 Å². The van der Waals surface area contributed by atoms with Crippen molar-refractivity contribution in [2.75, 3.05) is 5.01 Å². The summed E-state index contributed by atoms with van der Waals surface area (Å²) >= 11 is 0. The summed E-state index contributed by atoms with van der Waals surface area (Å²) in [4.78, 5) is 10.3. The van der Waals surface area contributed by atoms with E-state index in [1.807, 2.05) is 5.01 Å². The maximum atomic E-state index is 10.7. The van der Waals surface area contributed by atoms with Crippen LogP contribution in [-0.4, -0.2) is 17.0 Å².